The molecular formula is C26H30ClN3O5. The average molecular weight is 500 g/mol. The Hall–Kier alpha value is -2.94. The molecule has 1 amide bonds. The summed E-state index contributed by atoms with van der Waals surface area (Å²) in [4.78, 5) is 43.5. The number of para-hydroxylation sites is 1. The number of amides is 1. The first-order valence-electron chi connectivity index (χ1n) is 11.9. The molecule has 9 heteroatoms. The van der Waals surface area contributed by atoms with Crippen molar-refractivity contribution in [2.75, 3.05) is 39.5 Å². The van der Waals surface area contributed by atoms with Crippen LogP contribution in [-0.4, -0.2) is 67.3 Å². The maximum atomic E-state index is 13.1. The van der Waals surface area contributed by atoms with Crippen LogP contribution < -0.4 is 10.9 Å². The van der Waals surface area contributed by atoms with E-state index in [1.54, 1.807) is 18.2 Å². The minimum Gasteiger partial charge on any atom is -0.463 e. The number of H-pyrrole nitrogens is 1. The highest BCUT2D eigenvalue weighted by molar-refractivity contribution is 6.29. The lowest BCUT2D eigenvalue weighted by Gasteiger charge is -2.27. The number of hydrogen-bond acceptors (Lipinski definition) is 6. The first-order valence-corrected chi connectivity index (χ1v) is 12.2. The topological polar surface area (TPSA) is 101 Å². The maximum absolute atomic E-state index is 13.1. The van der Waals surface area contributed by atoms with E-state index >= 15 is 0 Å². The van der Waals surface area contributed by atoms with Crippen LogP contribution in [-0.2, 0) is 25.5 Å². The van der Waals surface area contributed by atoms with Crippen molar-refractivity contribution in [1.29, 1.82) is 0 Å². The molecule has 2 aromatic rings. The Kier molecular flexibility index (Phi) is 8.38. The fourth-order valence-corrected chi connectivity index (χ4v) is 4.71. The second kappa shape index (κ2) is 11.7. The molecule has 2 atom stereocenters. The Morgan fingerprint density at radius 2 is 2.03 bits per heavy atom. The highest BCUT2D eigenvalue weighted by atomic mass is 35.5. The van der Waals surface area contributed by atoms with Crippen LogP contribution in [0.2, 0.25) is 0 Å². The van der Waals surface area contributed by atoms with Gasteiger partial charge in [0.25, 0.3) is 0 Å². The summed E-state index contributed by atoms with van der Waals surface area (Å²) in [6, 6.07) is 7.89. The van der Waals surface area contributed by atoms with E-state index in [9.17, 15) is 14.4 Å². The van der Waals surface area contributed by atoms with Gasteiger partial charge in [0, 0.05) is 53.6 Å². The summed E-state index contributed by atoms with van der Waals surface area (Å²) in [5.41, 5.74) is 1.61. The maximum Gasteiger partial charge on any atom is 0.329 e. The summed E-state index contributed by atoms with van der Waals surface area (Å²) in [6.45, 7) is 5.62. The Morgan fingerprint density at radius 3 is 2.80 bits per heavy atom. The van der Waals surface area contributed by atoms with Crippen LogP contribution in [0, 0.1) is 5.92 Å². The normalized spacial score (nSPS) is 19.5. The number of nitrogens with one attached hydrogen (secondary N) is 2. The largest absolute Gasteiger partial charge is 0.463 e. The van der Waals surface area contributed by atoms with Crippen molar-refractivity contribution in [1.82, 2.24) is 15.2 Å². The third-order valence-corrected chi connectivity index (χ3v) is 6.62. The van der Waals surface area contributed by atoms with Gasteiger partial charge in [0.05, 0.1) is 13.2 Å². The van der Waals surface area contributed by atoms with Crippen LogP contribution in [0.25, 0.3) is 10.9 Å². The zero-order chi connectivity index (χ0) is 24.8. The van der Waals surface area contributed by atoms with Gasteiger partial charge in [0.1, 0.15) is 12.6 Å². The molecule has 186 valence electrons. The average Bonchev–Trinajstić information content (AvgIpc) is 2.84. The minimum atomic E-state index is -0.952. The molecule has 2 heterocycles. The van der Waals surface area contributed by atoms with Gasteiger partial charge in [-0.3, -0.25) is 14.5 Å². The van der Waals surface area contributed by atoms with E-state index in [0.717, 1.165) is 18.5 Å². The van der Waals surface area contributed by atoms with Gasteiger partial charge in [-0.2, -0.15) is 0 Å². The van der Waals surface area contributed by atoms with Crippen LogP contribution in [0.15, 0.2) is 57.9 Å². The molecule has 2 aliphatic rings. The number of aromatic nitrogens is 1. The fourth-order valence-electron chi connectivity index (χ4n) is 4.42. The second-order valence-electron chi connectivity index (χ2n) is 8.90. The first kappa shape index (κ1) is 25.2. The van der Waals surface area contributed by atoms with Crippen molar-refractivity contribution in [3.63, 3.8) is 0 Å². The second-order valence-corrected chi connectivity index (χ2v) is 9.38. The lowest BCUT2D eigenvalue weighted by molar-refractivity contribution is -0.148. The summed E-state index contributed by atoms with van der Waals surface area (Å²) >= 11 is 6.10. The third kappa shape index (κ3) is 6.60. The molecule has 0 saturated carbocycles. The number of carbonyl (C=O) groups excluding carboxylic acids is 2. The summed E-state index contributed by atoms with van der Waals surface area (Å²) in [5, 5.41) is 4.35. The van der Waals surface area contributed by atoms with Gasteiger partial charge >= 0.3 is 5.97 Å². The number of rotatable bonds is 8. The van der Waals surface area contributed by atoms with Gasteiger partial charge in [-0.1, -0.05) is 42.8 Å². The zero-order valence-corrected chi connectivity index (χ0v) is 20.5. The first-order chi connectivity index (χ1) is 16.9. The molecular weight excluding hydrogens is 470 g/mol. The number of fused-ring (bicyclic) bond motifs is 1. The van der Waals surface area contributed by atoms with Gasteiger partial charge in [-0.15, -0.1) is 0 Å². The predicted octanol–water partition coefficient (Wildman–Crippen LogP) is 2.52. The molecule has 8 nitrogen and oxygen atoms in total. The lowest BCUT2D eigenvalue weighted by atomic mass is 9.92. The van der Waals surface area contributed by atoms with Crippen molar-refractivity contribution >= 4 is 34.4 Å². The van der Waals surface area contributed by atoms with E-state index in [0.29, 0.717) is 47.9 Å². The highest BCUT2D eigenvalue weighted by Gasteiger charge is 2.28. The molecule has 2 N–H and O–H groups in total. The van der Waals surface area contributed by atoms with Crippen molar-refractivity contribution in [2.24, 2.45) is 5.92 Å². The van der Waals surface area contributed by atoms with E-state index in [1.165, 1.54) is 6.07 Å². The summed E-state index contributed by atoms with van der Waals surface area (Å²) in [7, 11) is 0. The number of aromatic amines is 1. The quantitative estimate of drug-likeness (QED) is 0.541. The predicted molar refractivity (Wildman–Crippen MR) is 134 cm³/mol. The molecule has 1 saturated heterocycles. The van der Waals surface area contributed by atoms with Crippen LogP contribution in [0.4, 0.5) is 0 Å². The SMILES string of the molecule is CC1CC(Cl)=CC=C1C(=O)NC(Cc1cc(=O)[nH]c2ccccc12)C(=O)OCCN1CCOCC1. The van der Waals surface area contributed by atoms with Gasteiger partial charge in [0.2, 0.25) is 11.5 Å². The lowest BCUT2D eigenvalue weighted by Crippen LogP contribution is -2.45. The molecule has 0 bridgehead atoms. The van der Waals surface area contributed by atoms with E-state index in [4.69, 9.17) is 21.1 Å². The van der Waals surface area contributed by atoms with Gasteiger partial charge in [-0.05, 0) is 30.0 Å². The van der Waals surface area contributed by atoms with Crippen LogP contribution in [0.5, 0.6) is 0 Å². The van der Waals surface area contributed by atoms with Gasteiger partial charge in [0.15, 0.2) is 0 Å². The standard InChI is InChI=1S/C26H30ClN3O5/c1-17-14-19(27)6-7-20(17)25(32)29-23(26(33)35-13-10-30-8-11-34-12-9-30)15-18-16-24(31)28-22-5-3-2-4-21(18)22/h2-7,16-17,23H,8-15H2,1H3,(H,28,31)(H,29,32). The third-order valence-electron chi connectivity index (χ3n) is 6.34. The number of benzene rings is 1. The smallest absolute Gasteiger partial charge is 0.329 e. The number of esters is 1. The highest BCUT2D eigenvalue weighted by Crippen LogP contribution is 2.27. The van der Waals surface area contributed by atoms with Crippen LogP contribution in [0.3, 0.4) is 0 Å². The molecule has 1 aliphatic heterocycles. The number of hydrogen-bond donors (Lipinski definition) is 2. The van der Waals surface area contributed by atoms with E-state index in [2.05, 4.69) is 15.2 Å². The summed E-state index contributed by atoms with van der Waals surface area (Å²) in [5.74, 6) is -0.957. The summed E-state index contributed by atoms with van der Waals surface area (Å²) in [6.07, 6.45) is 4.09. The molecule has 35 heavy (non-hydrogen) atoms. The molecule has 1 aromatic carbocycles. The number of morpholine rings is 1. The number of allylic oxidation sites excluding steroid dienone is 3. The van der Waals surface area contributed by atoms with Crippen molar-refractivity contribution < 1.29 is 19.1 Å². The number of halogens is 1. The molecule has 4 rings (SSSR count). The van der Waals surface area contributed by atoms with Gasteiger partial charge < -0.3 is 19.8 Å². The molecule has 1 aromatic heterocycles. The summed E-state index contributed by atoms with van der Waals surface area (Å²) < 4.78 is 10.9. The van der Waals surface area contributed by atoms with Crippen LogP contribution in [0.1, 0.15) is 18.9 Å². The fraction of sp³-hybridized carbons (Fsp3) is 0.423. The van der Waals surface area contributed by atoms with E-state index < -0.39 is 12.0 Å². The van der Waals surface area contributed by atoms with Crippen LogP contribution >= 0.6 is 11.6 Å². The molecule has 0 radical (unpaired) electrons. The van der Waals surface area contributed by atoms with E-state index in [1.807, 2.05) is 25.1 Å². The Bertz CT molecular complexity index is 1200. The number of nitrogens with zero attached hydrogens (tertiary/aromatic N) is 1. The van der Waals surface area contributed by atoms with Gasteiger partial charge in [-0.25, -0.2) is 4.79 Å². The molecule has 1 aliphatic carbocycles. The van der Waals surface area contributed by atoms with Crippen molar-refractivity contribution in [3.8, 4) is 0 Å². The monoisotopic (exact) mass is 499 g/mol. The molecule has 0 spiro atoms. The number of carbonyl (C=O) groups is 2. The molecule has 1 fully saturated rings. The number of ether oxygens (including phenoxy) is 2. The van der Waals surface area contributed by atoms with Crippen molar-refractivity contribution in [2.45, 2.75) is 25.8 Å². The zero-order valence-electron chi connectivity index (χ0n) is 19.7. The Morgan fingerprint density at radius 1 is 1.26 bits per heavy atom. The minimum absolute atomic E-state index is 0.0779. The Balaban J connectivity index is 1.52. The van der Waals surface area contributed by atoms with Crippen molar-refractivity contribution in [3.05, 3.63) is 69.0 Å². The van der Waals surface area contributed by atoms with E-state index in [-0.39, 0.29) is 30.4 Å². The molecule has 2 unspecified atom stereocenters. The Labute approximate surface area is 208 Å². The number of pyridine rings is 1.